The van der Waals surface area contributed by atoms with Gasteiger partial charge in [-0.1, -0.05) is 25.4 Å². The van der Waals surface area contributed by atoms with Crippen molar-refractivity contribution in [2.75, 3.05) is 13.6 Å². The summed E-state index contributed by atoms with van der Waals surface area (Å²) >= 11 is 5.95. The smallest absolute Gasteiger partial charge is 0.0768 e. The molecule has 0 saturated heterocycles. The second kappa shape index (κ2) is 5.89. The van der Waals surface area contributed by atoms with Crippen molar-refractivity contribution in [2.24, 2.45) is 7.05 Å². The Labute approximate surface area is 109 Å². The van der Waals surface area contributed by atoms with Gasteiger partial charge in [-0.2, -0.15) is 0 Å². The zero-order valence-electron chi connectivity index (χ0n) is 11.2. The molecule has 0 bridgehead atoms. The van der Waals surface area contributed by atoms with E-state index in [9.17, 15) is 5.11 Å². The number of rotatable bonds is 6. The van der Waals surface area contributed by atoms with E-state index in [1.807, 2.05) is 44.8 Å². The van der Waals surface area contributed by atoms with Gasteiger partial charge in [0.05, 0.1) is 10.6 Å². The predicted molar refractivity (Wildman–Crippen MR) is 72.3 cm³/mol. The minimum atomic E-state index is -0.580. The number of aryl methyl sites for hydroxylation is 1. The van der Waals surface area contributed by atoms with Gasteiger partial charge in [-0.15, -0.1) is 0 Å². The SMILES string of the molecule is CCC(O)(CC)CN(C)Cc1cc(Cl)cn1C. The van der Waals surface area contributed by atoms with Gasteiger partial charge in [0.25, 0.3) is 0 Å². The van der Waals surface area contributed by atoms with Gasteiger partial charge in [0.2, 0.25) is 0 Å². The number of hydrogen-bond donors (Lipinski definition) is 1. The molecule has 0 spiro atoms. The maximum absolute atomic E-state index is 10.3. The number of hydrogen-bond acceptors (Lipinski definition) is 2. The van der Waals surface area contributed by atoms with Crippen LogP contribution in [-0.4, -0.2) is 33.8 Å². The van der Waals surface area contributed by atoms with Crippen molar-refractivity contribution in [1.29, 1.82) is 0 Å². The molecule has 0 aliphatic heterocycles. The van der Waals surface area contributed by atoms with Gasteiger partial charge in [0, 0.05) is 32.0 Å². The number of aliphatic hydroxyl groups is 1. The summed E-state index contributed by atoms with van der Waals surface area (Å²) in [5.74, 6) is 0. The van der Waals surface area contributed by atoms with Crippen LogP contribution in [0, 0.1) is 0 Å². The van der Waals surface area contributed by atoms with Crippen molar-refractivity contribution in [3.63, 3.8) is 0 Å². The van der Waals surface area contributed by atoms with Crippen molar-refractivity contribution >= 4 is 11.6 Å². The molecule has 98 valence electrons. The van der Waals surface area contributed by atoms with Crippen molar-refractivity contribution in [3.8, 4) is 0 Å². The summed E-state index contributed by atoms with van der Waals surface area (Å²) in [6.45, 7) is 5.53. The van der Waals surface area contributed by atoms with Crippen molar-refractivity contribution in [2.45, 2.75) is 38.8 Å². The van der Waals surface area contributed by atoms with Crippen LogP contribution < -0.4 is 0 Å². The quantitative estimate of drug-likeness (QED) is 0.850. The van der Waals surface area contributed by atoms with Crippen LogP contribution in [-0.2, 0) is 13.6 Å². The molecule has 17 heavy (non-hydrogen) atoms. The summed E-state index contributed by atoms with van der Waals surface area (Å²) in [6, 6.07) is 1.97. The normalized spacial score (nSPS) is 12.4. The molecule has 0 unspecified atom stereocenters. The van der Waals surface area contributed by atoms with E-state index in [0.717, 1.165) is 30.1 Å². The second-order valence-electron chi connectivity index (χ2n) is 4.86. The molecule has 1 N–H and O–H groups in total. The summed E-state index contributed by atoms with van der Waals surface area (Å²) in [5, 5.41) is 11.0. The van der Waals surface area contributed by atoms with E-state index < -0.39 is 5.60 Å². The Morgan fingerprint density at radius 1 is 1.41 bits per heavy atom. The van der Waals surface area contributed by atoms with Crippen LogP contribution in [0.3, 0.4) is 0 Å². The molecule has 1 heterocycles. The minimum absolute atomic E-state index is 0.580. The van der Waals surface area contributed by atoms with Gasteiger partial charge >= 0.3 is 0 Å². The number of likely N-dealkylation sites (N-methyl/N-ethyl adjacent to an activating group) is 1. The molecule has 0 radical (unpaired) electrons. The summed E-state index contributed by atoms with van der Waals surface area (Å²) in [7, 11) is 4.01. The maximum Gasteiger partial charge on any atom is 0.0768 e. The molecule has 0 aliphatic rings. The summed E-state index contributed by atoms with van der Waals surface area (Å²) in [5.41, 5.74) is 0.580. The van der Waals surface area contributed by atoms with Crippen molar-refractivity contribution in [1.82, 2.24) is 9.47 Å². The van der Waals surface area contributed by atoms with Gasteiger partial charge in [-0.25, -0.2) is 0 Å². The third-order valence-electron chi connectivity index (χ3n) is 3.39. The largest absolute Gasteiger partial charge is 0.389 e. The fourth-order valence-electron chi connectivity index (χ4n) is 2.03. The highest BCUT2D eigenvalue weighted by Gasteiger charge is 2.24. The molecule has 0 fully saturated rings. The molecular weight excluding hydrogens is 236 g/mol. The van der Waals surface area contributed by atoms with Crippen LogP contribution in [0.15, 0.2) is 12.3 Å². The molecule has 3 nitrogen and oxygen atoms in total. The van der Waals surface area contributed by atoms with E-state index in [2.05, 4.69) is 4.90 Å². The highest BCUT2D eigenvalue weighted by Crippen LogP contribution is 2.18. The predicted octanol–water partition coefficient (Wildman–Crippen LogP) is 2.66. The Kier molecular flexibility index (Phi) is 5.04. The Morgan fingerprint density at radius 2 is 2.00 bits per heavy atom. The van der Waals surface area contributed by atoms with Gasteiger partial charge in [0.1, 0.15) is 0 Å². The van der Waals surface area contributed by atoms with E-state index >= 15 is 0 Å². The summed E-state index contributed by atoms with van der Waals surface area (Å²) in [6.07, 6.45) is 3.46. The number of aromatic nitrogens is 1. The van der Waals surface area contributed by atoms with E-state index in [1.165, 1.54) is 0 Å². The molecule has 0 aliphatic carbocycles. The molecule has 0 saturated carbocycles. The van der Waals surface area contributed by atoms with E-state index in [0.29, 0.717) is 6.54 Å². The fourth-order valence-corrected chi connectivity index (χ4v) is 2.30. The zero-order valence-corrected chi connectivity index (χ0v) is 12.0. The van der Waals surface area contributed by atoms with E-state index in [-0.39, 0.29) is 0 Å². The second-order valence-corrected chi connectivity index (χ2v) is 5.30. The van der Waals surface area contributed by atoms with Crippen molar-refractivity contribution < 1.29 is 5.11 Å². The van der Waals surface area contributed by atoms with Gasteiger partial charge < -0.3 is 9.67 Å². The third-order valence-corrected chi connectivity index (χ3v) is 3.59. The van der Waals surface area contributed by atoms with Crippen LogP contribution in [0.4, 0.5) is 0 Å². The van der Waals surface area contributed by atoms with Crippen molar-refractivity contribution in [3.05, 3.63) is 23.0 Å². The van der Waals surface area contributed by atoms with Crippen LogP contribution in [0.1, 0.15) is 32.4 Å². The lowest BCUT2D eigenvalue weighted by molar-refractivity contribution is 0.000911. The molecule has 0 atom stereocenters. The van der Waals surface area contributed by atoms with E-state index in [4.69, 9.17) is 11.6 Å². The molecule has 1 aromatic rings. The minimum Gasteiger partial charge on any atom is -0.389 e. The Balaban J connectivity index is 2.61. The van der Waals surface area contributed by atoms with Crippen LogP contribution in [0.5, 0.6) is 0 Å². The van der Waals surface area contributed by atoms with Gasteiger partial charge in [0.15, 0.2) is 0 Å². The molecule has 0 amide bonds. The first-order chi connectivity index (χ1) is 7.90. The van der Waals surface area contributed by atoms with Crippen LogP contribution >= 0.6 is 11.6 Å². The highest BCUT2D eigenvalue weighted by atomic mass is 35.5. The molecule has 1 rings (SSSR count). The maximum atomic E-state index is 10.3. The molecular formula is C13H23ClN2O. The number of halogens is 1. The molecule has 1 aromatic heterocycles. The van der Waals surface area contributed by atoms with E-state index in [1.54, 1.807) is 0 Å². The lowest BCUT2D eigenvalue weighted by Crippen LogP contribution is -2.40. The lowest BCUT2D eigenvalue weighted by atomic mass is 9.97. The average Bonchev–Trinajstić information content (AvgIpc) is 2.57. The van der Waals surface area contributed by atoms with Gasteiger partial charge in [-0.05, 0) is 26.0 Å². The first-order valence-electron chi connectivity index (χ1n) is 6.12. The zero-order chi connectivity index (χ0) is 13.1. The highest BCUT2D eigenvalue weighted by molar-refractivity contribution is 6.30. The monoisotopic (exact) mass is 258 g/mol. The summed E-state index contributed by atoms with van der Waals surface area (Å²) < 4.78 is 2.02. The molecule has 4 heteroatoms. The number of nitrogens with zero attached hydrogens (tertiary/aromatic N) is 2. The summed E-state index contributed by atoms with van der Waals surface area (Å²) in [4.78, 5) is 2.14. The standard InChI is InChI=1S/C13H23ClN2O/c1-5-13(17,6-2)10-15(3)9-12-7-11(14)8-16(12)4/h7-8,17H,5-6,9-10H2,1-4H3. The topological polar surface area (TPSA) is 28.4 Å². The first-order valence-corrected chi connectivity index (χ1v) is 6.49. The average molecular weight is 259 g/mol. The third kappa shape index (κ3) is 4.02. The Morgan fingerprint density at radius 3 is 2.41 bits per heavy atom. The van der Waals surface area contributed by atoms with Gasteiger partial charge in [-0.3, -0.25) is 4.90 Å². The first kappa shape index (κ1) is 14.6. The lowest BCUT2D eigenvalue weighted by Gasteiger charge is -2.30. The van der Waals surface area contributed by atoms with Crippen LogP contribution in [0.2, 0.25) is 5.02 Å². The Hall–Kier alpha value is -0.510. The fraction of sp³-hybridized carbons (Fsp3) is 0.692. The Bertz CT molecular complexity index is 358. The van der Waals surface area contributed by atoms with Crippen LogP contribution in [0.25, 0.3) is 0 Å². The molecule has 0 aromatic carbocycles.